The summed E-state index contributed by atoms with van der Waals surface area (Å²) >= 11 is 0. The number of nitrogens with zero attached hydrogens (tertiary/aromatic N) is 4. The standard InChI is InChI=1S/C11H13FN4O/c1-16-14-11(13-15-16)6-8(7-17)9-4-2-3-5-10(9)12/h2-5,8,17H,6-7H2,1H3. The van der Waals surface area contributed by atoms with Crippen LogP contribution in [0.3, 0.4) is 0 Å². The molecule has 1 atom stereocenters. The van der Waals surface area contributed by atoms with Crippen LogP contribution in [0.25, 0.3) is 0 Å². The monoisotopic (exact) mass is 236 g/mol. The third kappa shape index (κ3) is 2.65. The van der Waals surface area contributed by atoms with Gasteiger partial charge in [-0.1, -0.05) is 18.2 Å². The summed E-state index contributed by atoms with van der Waals surface area (Å²) in [6.07, 6.45) is 0.366. The average molecular weight is 236 g/mol. The van der Waals surface area contributed by atoms with E-state index in [4.69, 9.17) is 0 Å². The predicted octanol–water partition coefficient (Wildman–Crippen LogP) is 0.668. The van der Waals surface area contributed by atoms with Crippen molar-refractivity contribution < 1.29 is 9.50 Å². The van der Waals surface area contributed by atoms with E-state index in [0.29, 0.717) is 17.8 Å². The van der Waals surface area contributed by atoms with Crippen LogP contribution in [0, 0.1) is 5.82 Å². The molecule has 1 aromatic heterocycles. The van der Waals surface area contributed by atoms with E-state index in [9.17, 15) is 9.50 Å². The highest BCUT2D eigenvalue weighted by Gasteiger charge is 2.17. The van der Waals surface area contributed by atoms with Crippen molar-refractivity contribution in [1.82, 2.24) is 20.2 Å². The number of aliphatic hydroxyl groups is 1. The molecule has 0 aliphatic carbocycles. The molecule has 1 heterocycles. The minimum Gasteiger partial charge on any atom is -0.396 e. The molecule has 0 bridgehead atoms. The molecular formula is C11H13FN4O. The van der Waals surface area contributed by atoms with E-state index in [1.54, 1.807) is 25.2 Å². The van der Waals surface area contributed by atoms with Crippen LogP contribution >= 0.6 is 0 Å². The van der Waals surface area contributed by atoms with Crippen LogP contribution in [0.1, 0.15) is 17.3 Å². The Morgan fingerprint density at radius 3 is 2.76 bits per heavy atom. The van der Waals surface area contributed by atoms with E-state index in [2.05, 4.69) is 15.4 Å². The first-order valence-corrected chi connectivity index (χ1v) is 5.29. The number of halogens is 1. The number of benzene rings is 1. The van der Waals surface area contributed by atoms with Crippen molar-refractivity contribution in [3.63, 3.8) is 0 Å². The number of aliphatic hydroxyl groups excluding tert-OH is 1. The molecule has 0 spiro atoms. The van der Waals surface area contributed by atoms with E-state index in [0.717, 1.165) is 0 Å². The molecule has 17 heavy (non-hydrogen) atoms. The van der Waals surface area contributed by atoms with Gasteiger partial charge >= 0.3 is 0 Å². The van der Waals surface area contributed by atoms with Crippen LogP contribution in [0.15, 0.2) is 24.3 Å². The van der Waals surface area contributed by atoms with E-state index < -0.39 is 0 Å². The van der Waals surface area contributed by atoms with Gasteiger partial charge in [0.1, 0.15) is 5.82 Å². The number of tetrazole rings is 1. The first-order chi connectivity index (χ1) is 8.20. The van der Waals surface area contributed by atoms with Crippen molar-refractivity contribution in [3.05, 3.63) is 41.5 Å². The lowest BCUT2D eigenvalue weighted by molar-refractivity contribution is 0.260. The van der Waals surface area contributed by atoms with Gasteiger partial charge in [-0.05, 0) is 16.8 Å². The maximum atomic E-state index is 13.6. The third-order valence-electron chi connectivity index (χ3n) is 2.54. The molecule has 0 fully saturated rings. The van der Waals surface area contributed by atoms with Gasteiger partial charge in [0.15, 0.2) is 5.82 Å². The van der Waals surface area contributed by atoms with Gasteiger partial charge < -0.3 is 5.11 Å². The number of aryl methyl sites for hydroxylation is 1. The lowest BCUT2D eigenvalue weighted by atomic mass is 9.96. The lowest BCUT2D eigenvalue weighted by Gasteiger charge is -2.12. The highest BCUT2D eigenvalue weighted by atomic mass is 19.1. The molecule has 0 radical (unpaired) electrons. The van der Waals surface area contributed by atoms with Crippen LogP contribution in [-0.2, 0) is 13.5 Å². The summed E-state index contributed by atoms with van der Waals surface area (Å²) in [7, 11) is 1.66. The van der Waals surface area contributed by atoms with Gasteiger partial charge in [-0.3, -0.25) is 0 Å². The minimum atomic E-state index is -0.347. The maximum absolute atomic E-state index is 13.6. The summed E-state index contributed by atoms with van der Waals surface area (Å²) in [5, 5.41) is 20.9. The molecule has 0 saturated carbocycles. The van der Waals surface area contributed by atoms with Gasteiger partial charge in [0.05, 0.1) is 13.7 Å². The summed E-state index contributed by atoms with van der Waals surface area (Å²) in [5.74, 6) is -0.175. The van der Waals surface area contributed by atoms with Crippen molar-refractivity contribution in [1.29, 1.82) is 0 Å². The zero-order chi connectivity index (χ0) is 12.3. The quantitative estimate of drug-likeness (QED) is 0.847. The van der Waals surface area contributed by atoms with Gasteiger partial charge in [0, 0.05) is 12.3 Å². The summed E-state index contributed by atoms with van der Waals surface area (Å²) in [4.78, 5) is 1.34. The van der Waals surface area contributed by atoms with Crippen molar-refractivity contribution in [3.8, 4) is 0 Å². The first kappa shape index (κ1) is 11.7. The van der Waals surface area contributed by atoms with Crippen LogP contribution in [0.2, 0.25) is 0 Å². The molecule has 0 aliphatic heterocycles. The molecule has 0 saturated heterocycles. The fraction of sp³-hybridized carbons (Fsp3) is 0.364. The summed E-state index contributed by atoms with van der Waals surface area (Å²) in [6, 6.07) is 6.40. The molecule has 1 aromatic carbocycles. The summed E-state index contributed by atoms with van der Waals surface area (Å²) in [6.45, 7) is -0.154. The summed E-state index contributed by atoms with van der Waals surface area (Å²) < 4.78 is 13.6. The molecule has 6 heteroatoms. The number of rotatable bonds is 4. The van der Waals surface area contributed by atoms with Crippen molar-refractivity contribution in [2.75, 3.05) is 6.61 Å². The smallest absolute Gasteiger partial charge is 0.175 e. The molecule has 0 amide bonds. The molecule has 0 aliphatic rings. The molecule has 1 N–H and O–H groups in total. The van der Waals surface area contributed by atoms with Crippen molar-refractivity contribution in [2.24, 2.45) is 7.05 Å². The predicted molar refractivity (Wildman–Crippen MR) is 58.7 cm³/mol. The highest BCUT2D eigenvalue weighted by Crippen LogP contribution is 2.21. The fourth-order valence-electron chi connectivity index (χ4n) is 1.70. The lowest BCUT2D eigenvalue weighted by Crippen LogP contribution is -2.11. The van der Waals surface area contributed by atoms with Gasteiger partial charge in [0.2, 0.25) is 0 Å². The Labute approximate surface area is 97.9 Å². The van der Waals surface area contributed by atoms with Crippen LogP contribution in [0.5, 0.6) is 0 Å². The third-order valence-corrected chi connectivity index (χ3v) is 2.54. The van der Waals surface area contributed by atoms with Crippen LogP contribution < -0.4 is 0 Å². The zero-order valence-corrected chi connectivity index (χ0v) is 9.41. The average Bonchev–Trinajstić information content (AvgIpc) is 2.73. The van der Waals surface area contributed by atoms with Gasteiger partial charge in [-0.25, -0.2) is 4.39 Å². The molecule has 5 nitrogen and oxygen atoms in total. The largest absolute Gasteiger partial charge is 0.396 e. The SMILES string of the molecule is Cn1nnc(CC(CO)c2ccccc2F)n1. The van der Waals surface area contributed by atoms with Crippen LogP contribution in [-0.4, -0.2) is 31.9 Å². The second kappa shape index (κ2) is 5.01. The highest BCUT2D eigenvalue weighted by molar-refractivity contribution is 5.22. The molecular weight excluding hydrogens is 223 g/mol. The Bertz CT molecular complexity index is 500. The Balaban J connectivity index is 2.20. The van der Waals surface area contributed by atoms with Gasteiger partial charge in [-0.15, -0.1) is 10.2 Å². The first-order valence-electron chi connectivity index (χ1n) is 5.29. The Morgan fingerprint density at radius 1 is 1.41 bits per heavy atom. The van der Waals surface area contributed by atoms with Crippen LogP contribution in [0.4, 0.5) is 4.39 Å². The number of hydrogen-bond acceptors (Lipinski definition) is 4. The van der Waals surface area contributed by atoms with E-state index in [1.165, 1.54) is 10.9 Å². The van der Waals surface area contributed by atoms with Crippen molar-refractivity contribution in [2.45, 2.75) is 12.3 Å². The molecule has 2 rings (SSSR count). The maximum Gasteiger partial charge on any atom is 0.175 e. The Hall–Kier alpha value is -1.82. The second-order valence-electron chi connectivity index (χ2n) is 3.80. The zero-order valence-electron chi connectivity index (χ0n) is 9.41. The molecule has 1 unspecified atom stereocenters. The summed E-state index contributed by atoms with van der Waals surface area (Å²) in [5.41, 5.74) is 0.474. The van der Waals surface area contributed by atoms with E-state index in [1.807, 2.05) is 0 Å². The van der Waals surface area contributed by atoms with E-state index >= 15 is 0 Å². The van der Waals surface area contributed by atoms with E-state index in [-0.39, 0.29) is 18.3 Å². The van der Waals surface area contributed by atoms with Crippen molar-refractivity contribution >= 4 is 0 Å². The Morgan fingerprint density at radius 2 is 2.18 bits per heavy atom. The molecule has 2 aromatic rings. The number of aromatic nitrogens is 4. The number of hydrogen-bond donors (Lipinski definition) is 1. The fourth-order valence-corrected chi connectivity index (χ4v) is 1.70. The second-order valence-corrected chi connectivity index (χ2v) is 3.80. The Kier molecular flexibility index (Phi) is 3.43. The molecule has 90 valence electrons. The minimum absolute atomic E-state index is 0.154. The van der Waals surface area contributed by atoms with Gasteiger partial charge in [-0.2, -0.15) is 4.80 Å². The normalized spacial score (nSPS) is 12.6. The van der Waals surface area contributed by atoms with Gasteiger partial charge in [0.25, 0.3) is 0 Å². The topological polar surface area (TPSA) is 63.8 Å².